The molecule has 6 nitrogen and oxygen atoms in total. The van der Waals surface area contributed by atoms with Crippen LogP contribution in [-0.4, -0.2) is 53.0 Å². The molecule has 0 unspecified atom stereocenters. The summed E-state index contributed by atoms with van der Waals surface area (Å²) in [6, 6.07) is 21.9. The van der Waals surface area contributed by atoms with Gasteiger partial charge in [0.2, 0.25) is 26.4 Å². The molecule has 4 rings (SSSR count). The van der Waals surface area contributed by atoms with Crippen molar-refractivity contribution in [1.29, 1.82) is 0 Å². The van der Waals surface area contributed by atoms with Crippen LogP contribution in [0, 0.1) is 6.07 Å². The van der Waals surface area contributed by atoms with Gasteiger partial charge in [-0.2, -0.15) is 66.3 Å². The standard InChI is InChI=1S/C9H5Cl2N3.C6H5.C3Cl3N3.BrH.Mg/c10-8-12-7(13-9(11)14-8)6-4-2-1-3-5-6;1-2-4-6-5-3-1;4-1-7-2(5)9-3(6)8-1;;/h1-5H;1-5H;;1H;/q;-1;;;+2/p-1. The molecule has 13 heteroatoms. The molecule has 4 aromatic rings. The summed E-state index contributed by atoms with van der Waals surface area (Å²) in [6.45, 7) is 0. The molecule has 0 aliphatic rings. The van der Waals surface area contributed by atoms with E-state index in [4.69, 9.17) is 58.0 Å². The maximum atomic E-state index is 5.65. The van der Waals surface area contributed by atoms with Gasteiger partial charge in [0.25, 0.3) is 0 Å². The fraction of sp³-hybridized carbons (Fsp3) is 0. The van der Waals surface area contributed by atoms with E-state index in [1.165, 1.54) is 0 Å². The first-order valence-corrected chi connectivity index (χ1v) is 9.59. The van der Waals surface area contributed by atoms with Crippen LogP contribution >= 0.6 is 58.0 Å². The Morgan fingerprint density at radius 2 is 0.871 bits per heavy atom. The summed E-state index contributed by atoms with van der Waals surface area (Å²) in [4.78, 5) is 22.0. The molecule has 156 valence electrons. The van der Waals surface area contributed by atoms with E-state index in [0.29, 0.717) is 5.82 Å². The van der Waals surface area contributed by atoms with E-state index in [1.807, 2.05) is 60.7 Å². The molecule has 0 aliphatic heterocycles. The predicted molar refractivity (Wildman–Crippen MR) is 121 cm³/mol. The summed E-state index contributed by atoms with van der Waals surface area (Å²) in [7, 11) is 0. The van der Waals surface area contributed by atoms with Gasteiger partial charge >= 0.3 is 23.1 Å². The predicted octanol–water partition coefficient (Wildman–Crippen LogP) is 2.79. The van der Waals surface area contributed by atoms with Crippen molar-refractivity contribution >= 4 is 81.1 Å². The summed E-state index contributed by atoms with van der Waals surface area (Å²) < 4.78 is 0. The Labute approximate surface area is 230 Å². The van der Waals surface area contributed by atoms with Crippen molar-refractivity contribution in [1.82, 2.24) is 29.9 Å². The van der Waals surface area contributed by atoms with E-state index in [0.717, 1.165) is 5.56 Å². The average Bonchev–Trinajstić information content (AvgIpc) is 2.69. The molecule has 0 aliphatic carbocycles. The zero-order valence-electron chi connectivity index (χ0n) is 15.4. The number of halogens is 6. The fourth-order valence-electron chi connectivity index (χ4n) is 1.69. The van der Waals surface area contributed by atoms with E-state index in [2.05, 4.69) is 36.0 Å². The molecular weight excluding hydrogens is 582 g/mol. The second kappa shape index (κ2) is 16.7. The quantitative estimate of drug-likeness (QED) is 0.250. The summed E-state index contributed by atoms with van der Waals surface area (Å²) in [5, 5.41) is 0.202. The minimum Gasteiger partial charge on any atom is -1.00 e. The zero-order valence-corrected chi connectivity index (χ0v) is 22.2. The third-order valence-electron chi connectivity index (χ3n) is 2.77. The van der Waals surface area contributed by atoms with Gasteiger partial charge in [-0.15, -0.1) is 0 Å². The molecule has 31 heavy (non-hydrogen) atoms. The van der Waals surface area contributed by atoms with Gasteiger partial charge < -0.3 is 17.0 Å². The van der Waals surface area contributed by atoms with Crippen molar-refractivity contribution in [2.75, 3.05) is 0 Å². The normalized spacial score (nSPS) is 8.94. The van der Waals surface area contributed by atoms with Crippen molar-refractivity contribution in [2.45, 2.75) is 0 Å². The Bertz CT molecular complexity index is 937. The topological polar surface area (TPSA) is 77.3 Å². The zero-order chi connectivity index (χ0) is 21.1. The Morgan fingerprint density at radius 1 is 0.516 bits per heavy atom. The van der Waals surface area contributed by atoms with Gasteiger partial charge in [-0.05, 0) is 58.0 Å². The van der Waals surface area contributed by atoms with Crippen LogP contribution in [0.1, 0.15) is 0 Å². The van der Waals surface area contributed by atoms with Crippen molar-refractivity contribution in [3.8, 4) is 11.4 Å². The number of hydrogen-bond donors (Lipinski definition) is 0. The van der Waals surface area contributed by atoms with Gasteiger partial charge in [-0.1, -0.05) is 30.3 Å². The van der Waals surface area contributed by atoms with Crippen molar-refractivity contribution in [2.24, 2.45) is 0 Å². The second-order valence-electron chi connectivity index (χ2n) is 4.78. The molecule has 0 amide bonds. The van der Waals surface area contributed by atoms with Gasteiger partial charge in [0.15, 0.2) is 5.82 Å². The van der Waals surface area contributed by atoms with Gasteiger partial charge in [0, 0.05) is 5.56 Å². The largest absolute Gasteiger partial charge is 2.00 e. The molecule has 0 spiro atoms. The van der Waals surface area contributed by atoms with Crippen LogP contribution in [-0.2, 0) is 0 Å². The Morgan fingerprint density at radius 3 is 1.19 bits per heavy atom. The smallest absolute Gasteiger partial charge is 1.00 e. The van der Waals surface area contributed by atoms with Crippen LogP contribution < -0.4 is 17.0 Å². The van der Waals surface area contributed by atoms with E-state index in [1.54, 1.807) is 0 Å². The number of nitrogens with zero attached hydrogens (tertiary/aromatic N) is 6. The van der Waals surface area contributed by atoms with E-state index >= 15 is 0 Å². The maximum absolute atomic E-state index is 5.65. The summed E-state index contributed by atoms with van der Waals surface area (Å²) in [5.74, 6) is 0.482. The van der Waals surface area contributed by atoms with Gasteiger partial charge in [0.05, 0.1) is 0 Å². The van der Waals surface area contributed by atoms with Gasteiger partial charge in [0.1, 0.15) is 0 Å². The van der Waals surface area contributed by atoms with Crippen molar-refractivity contribution in [3.63, 3.8) is 0 Å². The minimum absolute atomic E-state index is 0. The summed E-state index contributed by atoms with van der Waals surface area (Å²) in [6.07, 6.45) is 0. The van der Waals surface area contributed by atoms with E-state index in [-0.39, 0.29) is 66.5 Å². The third-order valence-corrected chi connectivity index (χ3v) is 3.62. The second-order valence-corrected chi connectivity index (χ2v) is 6.47. The average molecular weight is 592 g/mol. The Hall–Kier alpha value is -0.844. The molecule has 0 N–H and O–H groups in total. The Kier molecular flexibility index (Phi) is 16.3. The summed E-state index contributed by atoms with van der Waals surface area (Å²) >= 11 is 27.3. The first-order valence-electron chi connectivity index (χ1n) is 7.70. The van der Waals surface area contributed by atoms with Crippen LogP contribution in [0.4, 0.5) is 0 Å². The SMILES string of the molecule is Clc1nc(Cl)nc(-c2ccccc2)n1.Clc1nc(Cl)nc(Cl)n1.[Br-].[Mg+2].[c-]1ccccc1. The van der Waals surface area contributed by atoms with Crippen LogP contribution in [0.5, 0.6) is 0 Å². The van der Waals surface area contributed by atoms with E-state index < -0.39 is 0 Å². The molecule has 2 aromatic carbocycles. The molecule has 2 heterocycles. The Balaban J connectivity index is 0.000000459. The summed E-state index contributed by atoms with van der Waals surface area (Å²) in [5.41, 5.74) is 0.860. The number of aromatic nitrogens is 6. The molecule has 0 bridgehead atoms. The van der Waals surface area contributed by atoms with Gasteiger partial charge in [-0.25, -0.2) is 0 Å². The number of hydrogen-bond acceptors (Lipinski definition) is 6. The van der Waals surface area contributed by atoms with Crippen LogP contribution in [0.15, 0.2) is 60.7 Å². The first kappa shape index (κ1) is 30.2. The maximum Gasteiger partial charge on any atom is 2.00 e. The molecule has 0 saturated carbocycles. The molecule has 0 saturated heterocycles. The van der Waals surface area contributed by atoms with Crippen LogP contribution in [0.2, 0.25) is 26.4 Å². The third kappa shape index (κ3) is 12.7. The van der Waals surface area contributed by atoms with Crippen LogP contribution in [0.3, 0.4) is 0 Å². The first-order chi connectivity index (χ1) is 13.9. The van der Waals surface area contributed by atoms with Crippen LogP contribution in [0.25, 0.3) is 11.4 Å². The van der Waals surface area contributed by atoms with Gasteiger partial charge in [-0.3, -0.25) is 0 Å². The minimum atomic E-state index is 0. The molecule has 0 fully saturated rings. The molecular formula is C18H10BrCl5MgN6. The fourth-order valence-corrected chi connectivity index (χ4v) is 2.66. The number of benzene rings is 2. The van der Waals surface area contributed by atoms with Crippen molar-refractivity contribution in [3.05, 3.63) is 93.1 Å². The number of rotatable bonds is 1. The van der Waals surface area contributed by atoms with Crippen molar-refractivity contribution < 1.29 is 17.0 Å². The monoisotopic (exact) mass is 588 g/mol. The molecule has 0 radical (unpaired) electrons. The molecule has 0 atom stereocenters. The molecule has 2 aromatic heterocycles. The van der Waals surface area contributed by atoms with E-state index in [9.17, 15) is 0 Å².